The summed E-state index contributed by atoms with van der Waals surface area (Å²) in [6.45, 7) is 12.0. The van der Waals surface area contributed by atoms with Gasteiger partial charge in [0, 0.05) is 38.6 Å². The Hall–Kier alpha value is -1.83. The van der Waals surface area contributed by atoms with Crippen LogP contribution in [0.3, 0.4) is 0 Å². The van der Waals surface area contributed by atoms with Gasteiger partial charge in [-0.05, 0) is 48.1 Å². The van der Waals surface area contributed by atoms with Gasteiger partial charge in [0.2, 0.25) is 11.8 Å². The van der Waals surface area contributed by atoms with E-state index in [0.717, 1.165) is 13.1 Å². The number of ether oxygens (including phenoxy) is 1. The van der Waals surface area contributed by atoms with Crippen molar-refractivity contribution >= 4 is 17.9 Å². The summed E-state index contributed by atoms with van der Waals surface area (Å²) < 4.78 is 5.23. The van der Waals surface area contributed by atoms with E-state index in [1.165, 1.54) is 0 Å². The summed E-state index contributed by atoms with van der Waals surface area (Å²) in [6.07, 6.45) is -0.216. The van der Waals surface area contributed by atoms with Crippen molar-refractivity contribution < 1.29 is 19.1 Å². The molecule has 8 heteroatoms. The molecule has 1 atom stereocenters. The van der Waals surface area contributed by atoms with Crippen LogP contribution in [-0.2, 0) is 14.3 Å². The molecule has 1 saturated heterocycles. The lowest BCUT2D eigenvalue weighted by molar-refractivity contribution is -0.133. The number of hydrogen-bond acceptors (Lipinski definition) is 5. The zero-order chi connectivity index (χ0) is 19.9. The summed E-state index contributed by atoms with van der Waals surface area (Å²) in [5, 5.41) is 5.37. The third kappa shape index (κ3) is 8.51. The normalized spacial score (nSPS) is 17.0. The molecule has 0 saturated carbocycles. The quantitative estimate of drug-likeness (QED) is 0.727. The monoisotopic (exact) mass is 370 g/mol. The molecule has 2 N–H and O–H groups in total. The molecule has 1 aliphatic rings. The maximum atomic E-state index is 12.4. The van der Waals surface area contributed by atoms with Gasteiger partial charge in [-0.3, -0.25) is 9.59 Å². The van der Waals surface area contributed by atoms with Crippen molar-refractivity contribution in [2.75, 3.05) is 33.2 Å². The zero-order valence-corrected chi connectivity index (χ0v) is 16.9. The Labute approximate surface area is 156 Å². The molecule has 1 heterocycles. The SMILES string of the molecule is CC(C)NC(=O)[C@H](CCC(=O)N1CCN(C)CC1)NC(=O)OC(C)(C)C. The summed E-state index contributed by atoms with van der Waals surface area (Å²) in [5.74, 6) is -0.302. The molecule has 0 bridgehead atoms. The van der Waals surface area contributed by atoms with Gasteiger partial charge in [-0.2, -0.15) is 0 Å². The van der Waals surface area contributed by atoms with Crippen LogP contribution in [0.2, 0.25) is 0 Å². The molecule has 0 aromatic carbocycles. The van der Waals surface area contributed by atoms with E-state index in [4.69, 9.17) is 4.74 Å². The highest BCUT2D eigenvalue weighted by molar-refractivity contribution is 5.86. The van der Waals surface area contributed by atoms with Gasteiger partial charge in [0.1, 0.15) is 11.6 Å². The highest BCUT2D eigenvalue weighted by atomic mass is 16.6. The Kier molecular flexibility index (Phi) is 8.33. The lowest BCUT2D eigenvalue weighted by Gasteiger charge is -2.32. The molecular weight excluding hydrogens is 336 g/mol. The first-order chi connectivity index (χ1) is 12.0. The van der Waals surface area contributed by atoms with Crippen LogP contribution in [0.5, 0.6) is 0 Å². The molecule has 0 spiro atoms. The van der Waals surface area contributed by atoms with E-state index in [0.29, 0.717) is 13.1 Å². The van der Waals surface area contributed by atoms with E-state index < -0.39 is 17.7 Å². The predicted octanol–water partition coefficient (Wildman–Crippen LogP) is 0.959. The molecule has 1 aliphatic heterocycles. The van der Waals surface area contributed by atoms with E-state index in [2.05, 4.69) is 15.5 Å². The largest absolute Gasteiger partial charge is 0.444 e. The van der Waals surface area contributed by atoms with Crippen molar-refractivity contribution in [1.29, 1.82) is 0 Å². The molecule has 1 fully saturated rings. The molecular formula is C18H34N4O4. The maximum Gasteiger partial charge on any atom is 0.408 e. The topological polar surface area (TPSA) is 91.0 Å². The van der Waals surface area contributed by atoms with Crippen LogP contribution in [0.25, 0.3) is 0 Å². The Bertz CT molecular complexity index is 494. The first kappa shape index (κ1) is 22.2. The number of rotatable bonds is 6. The number of carbonyl (C=O) groups excluding carboxylic acids is 3. The maximum absolute atomic E-state index is 12.4. The summed E-state index contributed by atoms with van der Waals surface area (Å²) in [5.41, 5.74) is -0.654. The highest BCUT2D eigenvalue weighted by Gasteiger charge is 2.27. The predicted molar refractivity (Wildman–Crippen MR) is 99.7 cm³/mol. The van der Waals surface area contributed by atoms with E-state index >= 15 is 0 Å². The summed E-state index contributed by atoms with van der Waals surface area (Å²) in [4.78, 5) is 40.8. The second kappa shape index (κ2) is 9.75. The Morgan fingerprint density at radius 1 is 1.04 bits per heavy atom. The van der Waals surface area contributed by atoms with E-state index in [-0.39, 0.29) is 30.7 Å². The minimum absolute atomic E-state index is 0.00596. The van der Waals surface area contributed by atoms with Crippen molar-refractivity contribution in [2.45, 2.75) is 65.1 Å². The molecule has 3 amide bonds. The number of amides is 3. The molecule has 0 unspecified atom stereocenters. The van der Waals surface area contributed by atoms with Crippen LogP contribution in [0.4, 0.5) is 4.79 Å². The second-order valence-corrected chi connectivity index (χ2v) is 8.08. The third-order valence-corrected chi connectivity index (χ3v) is 3.94. The van der Waals surface area contributed by atoms with Gasteiger partial charge in [-0.25, -0.2) is 4.79 Å². The summed E-state index contributed by atoms with van der Waals surface area (Å²) >= 11 is 0. The smallest absolute Gasteiger partial charge is 0.408 e. The number of nitrogens with one attached hydrogen (secondary N) is 2. The van der Waals surface area contributed by atoms with E-state index in [1.807, 2.05) is 25.8 Å². The highest BCUT2D eigenvalue weighted by Crippen LogP contribution is 2.09. The fraction of sp³-hybridized carbons (Fsp3) is 0.833. The lowest BCUT2D eigenvalue weighted by atomic mass is 10.1. The molecule has 0 radical (unpaired) electrons. The number of carbonyl (C=O) groups is 3. The molecule has 0 aromatic rings. The zero-order valence-electron chi connectivity index (χ0n) is 16.9. The Morgan fingerprint density at radius 2 is 1.62 bits per heavy atom. The summed E-state index contributed by atoms with van der Waals surface area (Å²) in [7, 11) is 2.03. The van der Waals surface area contributed by atoms with Gasteiger partial charge in [-0.1, -0.05) is 0 Å². The van der Waals surface area contributed by atoms with E-state index in [9.17, 15) is 14.4 Å². The molecule has 1 rings (SSSR count). The summed E-state index contributed by atoms with van der Waals surface area (Å²) in [6, 6.07) is -0.859. The number of alkyl carbamates (subject to hydrolysis) is 1. The molecule has 26 heavy (non-hydrogen) atoms. The van der Waals surface area contributed by atoms with Crippen LogP contribution in [0.15, 0.2) is 0 Å². The van der Waals surface area contributed by atoms with Gasteiger partial charge in [-0.15, -0.1) is 0 Å². The van der Waals surface area contributed by atoms with Crippen LogP contribution < -0.4 is 10.6 Å². The number of likely N-dealkylation sites (N-methyl/N-ethyl adjacent to an activating group) is 1. The second-order valence-electron chi connectivity index (χ2n) is 8.08. The molecule has 8 nitrogen and oxygen atoms in total. The van der Waals surface area contributed by atoms with Crippen molar-refractivity contribution in [1.82, 2.24) is 20.4 Å². The van der Waals surface area contributed by atoms with Crippen molar-refractivity contribution in [2.24, 2.45) is 0 Å². The van der Waals surface area contributed by atoms with Crippen molar-refractivity contribution in [3.05, 3.63) is 0 Å². The van der Waals surface area contributed by atoms with Gasteiger partial charge in [0.25, 0.3) is 0 Å². The van der Waals surface area contributed by atoms with Crippen LogP contribution in [-0.4, -0.2) is 78.6 Å². The molecule has 150 valence electrons. The Balaban J connectivity index is 2.62. The number of piperazine rings is 1. The standard InChI is InChI=1S/C18H34N4O4/c1-13(2)19-16(24)14(20-17(25)26-18(3,4)5)7-8-15(23)22-11-9-21(6)10-12-22/h13-14H,7-12H2,1-6H3,(H,19,24)(H,20,25)/t14-/m0/s1. The van der Waals surface area contributed by atoms with Crippen molar-refractivity contribution in [3.63, 3.8) is 0 Å². The number of nitrogens with zero attached hydrogens (tertiary/aromatic N) is 2. The third-order valence-electron chi connectivity index (χ3n) is 3.94. The Morgan fingerprint density at radius 3 is 2.12 bits per heavy atom. The fourth-order valence-electron chi connectivity index (χ4n) is 2.59. The number of hydrogen-bond donors (Lipinski definition) is 2. The van der Waals surface area contributed by atoms with Gasteiger partial charge < -0.3 is 25.2 Å². The minimum atomic E-state index is -0.802. The van der Waals surface area contributed by atoms with Gasteiger partial charge in [0.05, 0.1) is 0 Å². The van der Waals surface area contributed by atoms with Crippen LogP contribution in [0, 0.1) is 0 Å². The van der Waals surface area contributed by atoms with Crippen molar-refractivity contribution in [3.8, 4) is 0 Å². The first-order valence-corrected chi connectivity index (χ1v) is 9.24. The average molecular weight is 370 g/mol. The lowest BCUT2D eigenvalue weighted by Crippen LogP contribution is -2.51. The van der Waals surface area contributed by atoms with Gasteiger partial charge >= 0.3 is 6.09 Å². The van der Waals surface area contributed by atoms with Crippen LogP contribution >= 0.6 is 0 Å². The van der Waals surface area contributed by atoms with E-state index in [1.54, 1.807) is 20.8 Å². The minimum Gasteiger partial charge on any atom is -0.444 e. The average Bonchev–Trinajstić information content (AvgIpc) is 2.49. The van der Waals surface area contributed by atoms with Crippen LogP contribution in [0.1, 0.15) is 47.5 Å². The van der Waals surface area contributed by atoms with Gasteiger partial charge in [0.15, 0.2) is 0 Å². The first-order valence-electron chi connectivity index (χ1n) is 9.24. The fourth-order valence-corrected chi connectivity index (χ4v) is 2.59. The molecule has 0 aliphatic carbocycles. The molecule has 0 aromatic heterocycles.